The van der Waals surface area contributed by atoms with Crippen molar-refractivity contribution in [1.29, 1.82) is 0 Å². The van der Waals surface area contributed by atoms with Gasteiger partial charge in [0.25, 0.3) is 0 Å². The number of hydrogen-bond acceptors (Lipinski definition) is 2. The molecule has 2 nitrogen and oxygen atoms in total. The summed E-state index contributed by atoms with van der Waals surface area (Å²) in [5.74, 6) is 1.89. The van der Waals surface area contributed by atoms with Gasteiger partial charge in [0.2, 0.25) is 0 Å². The predicted octanol–water partition coefficient (Wildman–Crippen LogP) is 3.91. The first-order valence-corrected chi connectivity index (χ1v) is 7.00. The van der Waals surface area contributed by atoms with Gasteiger partial charge in [0.15, 0.2) is 0 Å². The van der Waals surface area contributed by atoms with E-state index in [2.05, 4.69) is 45.9 Å². The molecule has 1 aromatic rings. The summed E-state index contributed by atoms with van der Waals surface area (Å²) in [6.45, 7) is 8.82. The summed E-state index contributed by atoms with van der Waals surface area (Å²) in [4.78, 5) is 0. The van der Waals surface area contributed by atoms with Crippen LogP contribution in [0.2, 0.25) is 0 Å². The summed E-state index contributed by atoms with van der Waals surface area (Å²) < 4.78 is 5.81. The van der Waals surface area contributed by atoms with E-state index in [1.54, 1.807) is 0 Å². The number of hydrogen-bond donors (Lipinski definition) is 1. The highest BCUT2D eigenvalue weighted by Gasteiger charge is 2.16. The van der Waals surface area contributed by atoms with Gasteiger partial charge in [-0.25, -0.2) is 0 Å². The molecule has 1 unspecified atom stereocenters. The summed E-state index contributed by atoms with van der Waals surface area (Å²) >= 11 is 5.59. The molecule has 0 fully saturated rings. The van der Waals surface area contributed by atoms with E-state index >= 15 is 0 Å². The Balaban J connectivity index is 3.03. The number of benzene rings is 1. The van der Waals surface area contributed by atoms with Gasteiger partial charge in [0.05, 0.1) is 5.88 Å². The Hall–Kier alpha value is -0.730. The first kappa shape index (κ1) is 15.3. The molecule has 1 N–H and O–H groups in total. The monoisotopic (exact) mass is 270 g/mol. The minimum atomic E-state index is -0.619. The van der Waals surface area contributed by atoms with E-state index in [4.69, 9.17) is 16.3 Å². The van der Waals surface area contributed by atoms with Gasteiger partial charge in [0, 0.05) is 0 Å². The molecular formula is C15H23ClO2. The Morgan fingerprint density at radius 2 is 1.61 bits per heavy atom. The molecule has 0 bridgehead atoms. The quantitative estimate of drug-likeness (QED) is 0.794. The molecule has 3 heteroatoms. The molecule has 0 spiro atoms. The molecule has 1 aromatic carbocycles. The number of aliphatic hydroxyl groups excluding tert-OH is 1. The minimum Gasteiger partial charge on any atom is -0.490 e. The van der Waals surface area contributed by atoms with Crippen LogP contribution in [0.5, 0.6) is 5.75 Å². The Morgan fingerprint density at radius 3 is 2.00 bits per heavy atom. The third-order valence-corrected chi connectivity index (χ3v) is 3.27. The molecule has 0 aliphatic carbocycles. The maximum atomic E-state index is 9.52. The first-order valence-electron chi connectivity index (χ1n) is 6.47. The van der Waals surface area contributed by atoms with Gasteiger partial charge in [-0.05, 0) is 23.0 Å². The van der Waals surface area contributed by atoms with E-state index in [0.29, 0.717) is 11.8 Å². The zero-order valence-corrected chi connectivity index (χ0v) is 12.4. The number of alkyl halides is 1. The van der Waals surface area contributed by atoms with Gasteiger partial charge in [0.1, 0.15) is 18.5 Å². The summed E-state index contributed by atoms with van der Waals surface area (Å²) in [6, 6.07) is 6.23. The van der Waals surface area contributed by atoms with Crippen LogP contribution < -0.4 is 4.74 Å². The van der Waals surface area contributed by atoms with Crippen LogP contribution in [-0.2, 0) is 0 Å². The first-order chi connectivity index (χ1) is 8.47. The van der Waals surface area contributed by atoms with Gasteiger partial charge in [-0.15, -0.1) is 11.6 Å². The molecule has 0 amide bonds. The highest BCUT2D eigenvalue weighted by Crippen LogP contribution is 2.34. The van der Waals surface area contributed by atoms with E-state index in [1.807, 2.05) is 0 Å². The summed E-state index contributed by atoms with van der Waals surface area (Å²) in [7, 11) is 0. The predicted molar refractivity (Wildman–Crippen MR) is 76.8 cm³/mol. The van der Waals surface area contributed by atoms with Crippen LogP contribution in [0.25, 0.3) is 0 Å². The normalized spacial score (nSPS) is 13.1. The zero-order valence-electron chi connectivity index (χ0n) is 11.6. The molecule has 1 atom stereocenters. The number of halogens is 1. The topological polar surface area (TPSA) is 29.5 Å². The molecule has 0 aliphatic rings. The Kier molecular flexibility index (Phi) is 5.97. The summed E-state index contributed by atoms with van der Waals surface area (Å²) in [6.07, 6.45) is -0.619. The molecule has 1 rings (SSSR count). The average molecular weight is 271 g/mol. The fourth-order valence-corrected chi connectivity index (χ4v) is 1.96. The lowest BCUT2D eigenvalue weighted by molar-refractivity contribution is 0.123. The summed E-state index contributed by atoms with van der Waals surface area (Å²) in [5.41, 5.74) is 2.37. The third kappa shape index (κ3) is 3.89. The smallest absolute Gasteiger partial charge is 0.126 e. The molecule has 0 radical (unpaired) electrons. The lowest BCUT2D eigenvalue weighted by Crippen LogP contribution is -2.20. The Labute approximate surface area is 115 Å². The van der Waals surface area contributed by atoms with Gasteiger partial charge in [-0.3, -0.25) is 0 Å². The number of para-hydroxylation sites is 1. The van der Waals surface area contributed by atoms with Crippen molar-refractivity contribution in [3.63, 3.8) is 0 Å². The van der Waals surface area contributed by atoms with Crippen molar-refractivity contribution in [2.24, 2.45) is 0 Å². The molecule has 0 aliphatic heterocycles. The van der Waals surface area contributed by atoms with Gasteiger partial charge < -0.3 is 9.84 Å². The van der Waals surface area contributed by atoms with Gasteiger partial charge in [-0.1, -0.05) is 45.9 Å². The summed E-state index contributed by atoms with van der Waals surface area (Å²) in [5, 5.41) is 9.52. The molecule has 0 saturated carbocycles. The van der Waals surface area contributed by atoms with Crippen molar-refractivity contribution < 1.29 is 9.84 Å². The zero-order chi connectivity index (χ0) is 13.7. The standard InChI is InChI=1S/C15H23ClO2/c1-10(2)13-6-5-7-14(11(3)4)15(13)18-9-12(17)8-16/h5-7,10-12,17H,8-9H2,1-4H3. The largest absolute Gasteiger partial charge is 0.490 e. The lowest BCUT2D eigenvalue weighted by atomic mass is 9.94. The van der Waals surface area contributed by atoms with Crippen molar-refractivity contribution in [3.05, 3.63) is 29.3 Å². The van der Waals surface area contributed by atoms with Crippen LogP contribution in [0.4, 0.5) is 0 Å². The van der Waals surface area contributed by atoms with Crippen molar-refractivity contribution in [2.45, 2.75) is 45.6 Å². The maximum Gasteiger partial charge on any atom is 0.126 e. The second kappa shape index (κ2) is 7.01. The number of ether oxygens (including phenoxy) is 1. The van der Waals surface area contributed by atoms with Gasteiger partial charge in [-0.2, -0.15) is 0 Å². The van der Waals surface area contributed by atoms with E-state index in [-0.39, 0.29) is 12.5 Å². The SMILES string of the molecule is CC(C)c1cccc(C(C)C)c1OCC(O)CCl. The molecule has 0 heterocycles. The number of rotatable bonds is 6. The minimum absolute atomic E-state index is 0.195. The van der Waals surface area contributed by atoms with Crippen LogP contribution in [0, 0.1) is 0 Å². The highest BCUT2D eigenvalue weighted by molar-refractivity contribution is 6.18. The number of aliphatic hydroxyl groups is 1. The van der Waals surface area contributed by atoms with E-state index in [9.17, 15) is 5.11 Å². The molecule has 0 saturated heterocycles. The van der Waals surface area contributed by atoms with Crippen LogP contribution in [-0.4, -0.2) is 23.7 Å². The van der Waals surface area contributed by atoms with Crippen LogP contribution >= 0.6 is 11.6 Å². The molecule has 102 valence electrons. The van der Waals surface area contributed by atoms with Crippen LogP contribution in [0.3, 0.4) is 0 Å². The average Bonchev–Trinajstić information content (AvgIpc) is 2.34. The Morgan fingerprint density at radius 1 is 1.11 bits per heavy atom. The highest BCUT2D eigenvalue weighted by atomic mass is 35.5. The van der Waals surface area contributed by atoms with Crippen LogP contribution in [0.1, 0.15) is 50.7 Å². The molecular weight excluding hydrogens is 248 g/mol. The van der Waals surface area contributed by atoms with Gasteiger partial charge >= 0.3 is 0 Å². The Bertz CT molecular complexity index is 349. The lowest BCUT2D eigenvalue weighted by Gasteiger charge is -2.20. The fourth-order valence-electron chi connectivity index (χ4n) is 1.87. The molecule has 0 aromatic heterocycles. The van der Waals surface area contributed by atoms with Crippen molar-refractivity contribution in [2.75, 3.05) is 12.5 Å². The van der Waals surface area contributed by atoms with Crippen molar-refractivity contribution in [3.8, 4) is 5.75 Å². The second-order valence-corrected chi connectivity index (χ2v) is 5.50. The van der Waals surface area contributed by atoms with Crippen LogP contribution in [0.15, 0.2) is 18.2 Å². The third-order valence-electron chi connectivity index (χ3n) is 2.92. The fraction of sp³-hybridized carbons (Fsp3) is 0.600. The van der Waals surface area contributed by atoms with Crippen molar-refractivity contribution in [1.82, 2.24) is 0 Å². The van der Waals surface area contributed by atoms with Crippen molar-refractivity contribution >= 4 is 11.6 Å². The van der Waals surface area contributed by atoms with E-state index in [1.165, 1.54) is 11.1 Å². The maximum absolute atomic E-state index is 9.52. The van der Waals surface area contributed by atoms with E-state index < -0.39 is 6.10 Å². The second-order valence-electron chi connectivity index (χ2n) is 5.19. The van der Waals surface area contributed by atoms with E-state index in [0.717, 1.165) is 5.75 Å². The molecule has 18 heavy (non-hydrogen) atoms.